The Hall–Kier alpha value is -1.75. The average Bonchev–Trinajstić information content (AvgIpc) is 2.97. The molecule has 0 N–H and O–H groups in total. The maximum Gasteiger partial charge on any atom is 0.0995 e. The van der Waals surface area contributed by atoms with Crippen molar-refractivity contribution in [2.45, 2.75) is 44.1 Å². The molecular formula is C21H26N2O2. The molecule has 2 heterocycles. The summed E-state index contributed by atoms with van der Waals surface area (Å²) < 4.78 is 12.4. The second-order valence-electron chi connectivity index (χ2n) is 6.96. The third-order valence-corrected chi connectivity index (χ3v) is 5.37. The van der Waals surface area contributed by atoms with Crippen LogP contribution in [-0.4, -0.2) is 47.8 Å². The van der Waals surface area contributed by atoms with Gasteiger partial charge in [-0.05, 0) is 36.5 Å². The quantitative estimate of drug-likeness (QED) is 0.811. The van der Waals surface area contributed by atoms with Gasteiger partial charge < -0.3 is 9.47 Å². The van der Waals surface area contributed by atoms with Gasteiger partial charge in [0.2, 0.25) is 0 Å². The lowest BCUT2D eigenvalue weighted by molar-refractivity contribution is -0.0610. The van der Waals surface area contributed by atoms with Gasteiger partial charge in [0.1, 0.15) is 0 Å². The van der Waals surface area contributed by atoms with Crippen molar-refractivity contribution in [2.24, 2.45) is 0 Å². The fraction of sp³-hybridized carbons (Fsp3) is 0.476. The fourth-order valence-electron chi connectivity index (χ4n) is 4.06. The smallest absolute Gasteiger partial charge is 0.0995 e. The van der Waals surface area contributed by atoms with Gasteiger partial charge in [0, 0.05) is 31.5 Å². The topological polar surface area (TPSA) is 34.6 Å². The lowest BCUT2D eigenvalue weighted by Gasteiger charge is -2.31. The molecule has 0 spiro atoms. The number of benzene rings is 1. The highest BCUT2D eigenvalue weighted by Gasteiger charge is 2.42. The van der Waals surface area contributed by atoms with Crippen LogP contribution in [0.4, 0.5) is 0 Å². The van der Waals surface area contributed by atoms with Crippen LogP contribution in [0.25, 0.3) is 0 Å². The highest BCUT2D eigenvalue weighted by Crippen LogP contribution is 2.32. The molecule has 1 saturated carbocycles. The Morgan fingerprint density at radius 2 is 1.96 bits per heavy atom. The van der Waals surface area contributed by atoms with Gasteiger partial charge in [-0.1, -0.05) is 36.4 Å². The first kappa shape index (κ1) is 16.7. The molecule has 4 rings (SSSR count). The predicted molar refractivity (Wildman–Crippen MR) is 97.3 cm³/mol. The van der Waals surface area contributed by atoms with Crippen LogP contribution in [0.3, 0.4) is 0 Å². The molecule has 0 amide bonds. The minimum Gasteiger partial charge on any atom is -0.374 e. The van der Waals surface area contributed by atoms with E-state index >= 15 is 0 Å². The predicted octanol–water partition coefficient (Wildman–Crippen LogP) is 3.07. The standard InChI is InChI=1S/C21H26N2O2/c1-2-5-17(6-3-1)10-12-23-13-14-24-20-9-8-19(23)21(20)25-16-18-7-4-11-22-15-18/h1-7,11,15,19-21H,8-10,12-14,16H2/t19-,20-,21+/m0/s1. The minimum atomic E-state index is 0.165. The van der Waals surface area contributed by atoms with Crippen LogP contribution < -0.4 is 0 Å². The number of rotatable bonds is 6. The molecule has 1 aromatic heterocycles. The molecule has 0 unspecified atom stereocenters. The van der Waals surface area contributed by atoms with Crippen molar-refractivity contribution < 1.29 is 9.47 Å². The Labute approximate surface area is 149 Å². The van der Waals surface area contributed by atoms with Crippen molar-refractivity contribution >= 4 is 0 Å². The summed E-state index contributed by atoms with van der Waals surface area (Å²) in [6.45, 7) is 3.49. The van der Waals surface area contributed by atoms with E-state index in [0.717, 1.165) is 44.5 Å². The third kappa shape index (κ3) is 4.09. The molecule has 3 atom stereocenters. The number of aromatic nitrogens is 1. The lowest BCUT2D eigenvalue weighted by Crippen LogP contribution is -2.44. The molecule has 0 radical (unpaired) electrons. The minimum absolute atomic E-state index is 0.165. The summed E-state index contributed by atoms with van der Waals surface area (Å²) in [5, 5.41) is 0. The van der Waals surface area contributed by atoms with Gasteiger partial charge in [0.15, 0.2) is 0 Å². The van der Waals surface area contributed by atoms with Crippen LogP contribution >= 0.6 is 0 Å². The Kier molecular flexibility index (Phi) is 5.40. The van der Waals surface area contributed by atoms with Crippen molar-refractivity contribution in [2.75, 3.05) is 19.7 Å². The van der Waals surface area contributed by atoms with E-state index in [4.69, 9.17) is 9.47 Å². The van der Waals surface area contributed by atoms with Crippen LogP contribution in [0.5, 0.6) is 0 Å². The first-order chi connectivity index (χ1) is 12.4. The monoisotopic (exact) mass is 338 g/mol. The van der Waals surface area contributed by atoms with Crippen molar-refractivity contribution in [3.63, 3.8) is 0 Å². The number of hydrogen-bond donors (Lipinski definition) is 0. The van der Waals surface area contributed by atoms with Gasteiger partial charge in [-0.2, -0.15) is 0 Å². The number of hydrogen-bond acceptors (Lipinski definition) is 4. The van der Waals surface area contributed by atoms with E-state index in [1.165, 1.54) is 5.56 Å². The van der Waals surface area contributed by atoms with Crippen LogP contribution in [0.15, 0.2) is 54.9 Å². The molecule has 25 heavy (non-hydrogen) atoms. The van der Waals surface area contributed by atoms with E-state index in [2.05, 4.69) is 46.3 Å². The molecular weight excluding hydrogens is 312 g/mol. The van der Waals surface area contributed by atoms with E-state index in [1.54, 1.807) is 6.20 Å². The number of fused-ring (bicyclic) bond motifs is 2. The molecule has 1 aromatic carbocycles. The van der Waals surface area contributed by atoms with Gasteiger partial charge in [-0.3, -0.25) is 9.88 Å². The summed E-state index contributed by atoms with van der Waals surface area (Å²) in [7, 11) is 0. The number of pyridine rings is 1. The second-order valence-corrected chi connectivity index (χ2v) is 6.96. The van der Waals surface area contributed by atoms with E-state index in [0.29, 0.717) is 12.6 Å². The number of ether oxygens (including phenoxy) is 2. The summed E-state index contributed by atoms with van der Waals surface area (Å²) in [5.41, 5.74) is 2.53. The highest BCUT2D eigenvalue weighted by molar-refractivity contribution is 5.15. The summed E-state index contributed by atoms with van der Waals surface area (Å²) in [4.78, 5) is 6.75. The lowest BCUT2D eigenvalue weighted by atomic mass is 10.1. The summed E-state index contributed by atoms with van der Waals surface area (Å²) in [6, 6.07) is 15.2. The van der Waals surface area contributed by atoms with Crippen LogP contribution in [-0.2, 0) is 22.5 Å². The molecule has 2 aromatic rings. The molecule has 4 heteroatoms. The highest BCUT2D eigenvalue weighted by atomic mass is 16.5. The SMILES string of the molecule is c1ccc(CCN2CCO[C@H]3CC[C@H]2[C@H]3OCc2cccnc2)cc1. The third-order valence-electron chi connectivity index (χ3n) is 5.37. The molecule has 2 fully saturated rings. The second kappa shape index (κ2) is 8.09. The van der Waals surface area contributed by atoms with Crippen LogP contribution in [0.1, 0.15) is 24.0 Å². The Bertz CT molecular complexity index is 649. The normalized spacial score (nSPS) is 26.5. The molecule has 1 aliphatic carbocycles. The average molecular weight is 338 g/mol. The molecule has 1 aliphatic heterocycles. The zero-order valence-electron chi connectivity index (χ0n) is 14.6. The van der Waals surface area contributed by atoms with E-state index in [1.807, 2.05) is 12.3 Å². The number of nitrogens with zero attached hydrogens (tertiary/aromatic N) is 2. The van der Waals surface area contributed by atoms with Crippen molar-refractivity contribution in [1.29, 1.82) is 0 Å². The van der Waals surface area contributed by atoms with Gasteiger partial charge in [-0.25, -0.2) is 0 Å². The van der Waals surface area contributed by atoms with Gasteiger partial charge >= 0.3 is 0 Å². The Morgan fingerprint density at radius 3 is 2.80 bits per heavy atom. The Morgan fingerprint density at radius 1 is 1.08 bits per heavy atom. The van der Waals surface area contributed by atoms with Gasteiger partial charge in [0.05, 0.1) is 25.4 Å². The molecule has 132 valence electrons. The van der Waals surface area contributed by atoms with Gasteiger partial charge in [0.25, 0.3) is 0 Å². The van der Waals surface area contributed by atoms with Crippen molar-refractivity contribution in [1.82, 2.24) is 9.88 Å². The molecule has 4 nitrogen and oxygen atoms in total. The fourth-order valence-corrected chi connectivity index (χ4v) is 4.06. The Balaban J connectivity index is 1.39. The summed E-state index contributed by atoms with van der Waals surface area (Å²) >= 11 is 0. The van der Waals surface area contributed by atoms with Crippen molar-refractivity contribution in [3.05, 3.63) is 66.0 Å². The van der Waals surface area contributed by atoms with Crippen molar-refractivity contribution in [3.8, 4) is 0 Å². The van der Waals surface area contributed by atoms with E-state index < -0.39 is 0 Å². The maximum atomic E-state index is 6.31. The molecule has 2 aliphatic rings. The molecule has 2 bridgehead atoms. The van der Waals surface area contributed by atoms with E-state index in [9.17, 15) is 0 Å². The zero-order chi connectivity index (χ0) is 16.9. The summed E-state index contributed by atoms with van der Waals surface area (Å²) in [5.74, 6) is 0. The maximum absolute atomic E-state index is 6.31. The van der Waals surface area contributed by atoms with Crippen LogP contribution in [0, 0.1) is 0 Å². The van der Waals surface area contributed by atoms with Gasteiger partial charge in [-0.15, -0.1) is 0 Å². The van der Waals surface area contributed by atoms with E-state index in [-0.39, 0.29) is 12.2 Å². The molecule has 1 saturated heterocycles. The first-order valence-corrected chi connectivity index (χ1v) is 9.30. The zero-order valence-corrected chi connectivity index (χ0v) is 14.6. The largest absolute Gasteiger partial charge is 0.374 e. The first-order valence-electron chi connectivity index (χ1n) is 9.30. The summed E-state index contributed by atoms with van der Waals surface area (Å²) in [6.07, 6.45) is 7.43. The van der Waals surface area contributed by atoms with Crippen LogP contribution in [0.2, 0.25) is 0 Å².